The summed E-state index contributed by atoms with van der Waals surface area (Å²) < 4.78 is 0. The second kappa shape index (κ2) is 5.34. The molecule has 4 rings (SSSR count). The molecule has 0 saturated carbocycles. The van der Waals surface area contributed by atoms with E-state index in [9.17, 15) is 0 Å². The van der Waals surface area contributed by atoms with Gasteiger partial charge in [-0.05, 0) is 49.3 Å². The molecular formula is C17H18N4S. The van der Waals surface area contributed by atoms with Gasteiger partial charge >= 0.3 is 0 Å². The van der Waals surface area contributed by atoms with Crippen LogP contribution in [0.1, 0.15) is 28.8 Å². The first-order valence-corrected chi connectivity index (χ1v) is 8.42. The predicted octanol–water partition coefficient (Wildman–Crippen LogP) is 3.83. The van der Waals surface area contributed by atoms with Crippen molar-refractivity contribution < 1.29 is 0 Å². The Bertz CT molecular complexity index is 853. The van der Waals surface area contributed by atoms with Gasteiger partial charge in [-0.25, -0.2) is 15.8 Å². The van der Waals surface area contributed by atoms with Gasteiger partial charge in [0, 0.05) is 10.4 Å². The summed E-state index contributed by atoms with van der Waals surface area (Å²) in [5, 5.41) is 1.03. The number of thiophene rings is 1. The van der Waals surface area contributed by atoms with Crippen molar-refractivity contribution in [1.82, 2.24) is 9.97 Å². The number of aryl methyl sites for hydroxylation is 3. The van der Waals surface area contributed by atoms with Gasteiger partial charge in [0.1, 0.15) is 11.2 Å². The third-order valence-corrected chi connectivity index (χ3v) is 5.45. The van der Waals surface area contributed by atoms with Gasteiger partial charge in [-0.3, -0.25) is 0 Å². The SMILES string of the molecule is Cc1sc2ncnc(NN)c2c1-c1ccc2c(c1)CCCC2. The first kappa shape index (κ1) is 13.7. The quantitative estimate of drug-likeness (QED) is 0.558. The van der Waals surface area contributed by atoms with Gasteiger partial charge < -0.3 is 5.43 Å². The van der Waals surface area contributed by atoms with Crippen LogP contribution in [0.5, 0.6) is 0 Å². The molecule has 1 aliphatic carbocycles. The predicted molar refractivity (Wildman–Crippen MR) is 92.0 cm³/mol. The summed E-state index contributed by atoms with van der Waals surface area (Å²) in [6.45, 7) is 2.14. The van der Waals surface area contributed by atoms with Crippen molar-refractivity contribution in [3.63, 3.8) is 0 Å². The zero-order valence-corrected chi connectivity index (χ0v) is 13.3. The molecule has 0 atom stereocenters. The summed E-state index contributed by atoms with van der Waals surface area (Å²) in [7, 11) is 0. The highest BCUT2D eigenvalue weighted by atomic mass is 32.1. The molecule has 0 spiro atoms. The second-order valence-corrected chi connectivity index (χ2v) is 6.97. The number of hydrazine groups is 1. The minimum atomic E-state index is 0.696. The van der Waals surface area contributed by atoms with E-state index >= 15 is 0 Å². The van der Waals surface area contributed by atoms with E-state index in [0.717, 1.165) is 10.2 Å². The minimum Gasteiger partial charge on any atom is -0.308 e. The molecule has 0 bridgehead atoms. The average molecular weight is 310 g/mol. The van der Waals surface area contributed by atoms with Crippen LogP contribution >= 0.6 is 11.3 Å². The third kappa shape index (κ3) is 2.09. The number of benzene rings is 1. The van der Waals surface area contributed by atoms with Gasteiger partial charge in [-0.1, -0.05) is 18.2 Å². The molecule has 0 saturated heterocycles. The van der Waals surface area contributed by atoms with Crippen molar-refractivity contribution in [2.75, 3.05) is 5.43 Å². The first-order chi connectivity index (χ1) is 10.8. The van der Waals surface area contributed by atoms with Gasteiger partial charge in [0.15, 0.2) is 5.82 Å². The van der Waals surface area contributed by atoms with Crippen LogP contribution in [0.15, 0.2) is 24.5 Å². The third-order valence-electron chi connectivity index (χ3n) is 4.44. The molecule has 1 aromatic carbocycles. The lowest BCUT2D eigenvalue weighted by molar-refractivity contribution is 0.686. The Morgan fingerprint density at radius 2 is 1.95 bits per heavy atom. The number of nitrogens with one attached hydrogen (secondary N) is 1. The molecule has 112 valence electrons. The summed E-state index contributed by atoms with van der Waals surface area (Å²) in [6.07, 6.45) is 6.55. The molecule has 22 heavy (non-hydrogen) atoms. The molecule has 1 aliphatic rings. The molecular weight excluding hydrogens is 292 g/mol. The van der Waals surface area contributed by atoms with E-state index in [1.54, 1.807) is 17.7 Å². The maximum Gasteiger partial charge on any atom is 0.152 e. The molecule has 0 amide bonds. The van der Waals surface area contributed by atoms with E-state index in [0.29, 0.717) is 5.82 Å². The van der Waals surface area contributed by atoms with Crippen LogP contribution < -0.4 is 11.3 Å². The molecule has 3 N–H and O–H groups in total. The van der Waals surface area contributed by atoms with Crippen LogP contribution in [0.4, 0.5) is 5.82 Å². The van der Waals surface area contributed by atoms with E-state index in [-0.39, 0.29) is 0 Å². The number of nitrogens with two attached hydrogens (primary N) is 1. The van der Waals surface area contributed by atoms with E-state index in [4.69, 9.17) is 5.84 Å². The van der Waals surface area contributed by atoms with Crippen molar-refractivity contribution in [2.45, 2.75) is 32.6 Å². The fourth-order valence-corrected chi connectivity index (χ4v) is 4.40. The monoisotopic (exact) mass is 310 g/mol. The summed E-state index contributed by atoms with van der Waals surface area (Å²) in [5.41, 5.74) is 8.16. The molecule has 5 heteroatoms. The minimum absolute atomic E-state index is 0.696. The van der Waals surface area contributed by atoms with E-state index in [2.05, 4.69) is 40.5 Å². The van der Waals surface area contributed by atoms with Crippen molar-refractivity contribution in [1.29, 1.82) is 0 Å². The van der Waals surface area contributed by atoms with Crippen LogP contribution in [0.25, 0.3) is 21.3 Å². The Hall–Kier alpha value is -1.98. The van der Waals surface area contributed by atoms with Crippen LogP contribution in [-0.4, -0.2) is 9.97 Å². The van der Waals surface area contributed by atoms with Gasteiger partial charge in [-0.2, -0.15) is 0 Å². The molecule has 4 nitrogen and oxygen atoms in total. The normalized spacial score (nSPS) is 14.1. The average Bonchev–Trinajstić information content (AvgIpc) is 2.90. The van der Waals surface area contributed by atoms with E-state index in [1.165, 1.54) is 52.8 Å². The maximum absolute atomic E-state index is 5.65. The number of rotatable bonds is 2. The number of fused-ring (bicyclic) bond motifs is 2. The lowest BCUT2D eigenvalue weighted by Gasteiger charge is -2.17. The van der Waals surface area contributed by atoms with Crippen LogP contribution in [0, 0.1) is 6.92 Å². The molecule has 0 unspecified atom stereocenters. The van der Waals surface area contributed by atoms with Crippen LogP contribution in [-0.2, 0) is 12.8 Å². The topological polar surface area (TPSA) is 63.8 Å². The highest BCUT2D eigenvalue weighted by Gasteiger charge is 2.18. The summed E-state index contributed by atoms with van der Waals surface area (Å²) in [4.78, 5) is 10.9. The van der Waals surface area contributed by atoms with Crippen molar-refractivity contribution >= 4 is 27.4 Å². The second-order valence-electron chi connectivity index (χ2n) is 5.77. The molecule has 2 aromatic heterocycles. The molecule has 0 aliphatic heterocycles. The number of hydrogen-bond acceptors (Lipinski definition) is 5. The summed E-state index contributed by atoms with van der Waals surface area (Å²) >= 11 is 1.69. The number of hydrogen-bond donors (Lipinski definition) is 2. The Kier molecular flexibility index (Phi) is 3.32. The zero-order valence-electron chi connectivity index (χ0n) is 12.5. The van der Waals surface area contributed by atoms with Crippen molar-refractivity contribution in [3.8, 4) is 11.1 Å². The Balaban J connectivity index is 1.96. The van der Waals surface area contributed by atoms with Gasteiger partial charge in [0.05, 0.1) is 5.39 Å². The highest BCUT2D eigenvalue weighted by Crippen LogP contribution is 2.41. The lowest BCUT2D eigenvalue weighted by Crippen LogP contribution is -2.09. The Morgan fingerprint density at radius 1 is 1.14 bits per heavy atom. The Morgan fingerprint density at radius 3 is 2.77 bits per heavy atom. The fraction of sp³-hybridized carbons (Fsp3) is 0.294. The highest BCUT2D eigenvalue weighted by molar-refractivity contribution is 7.19. The van der Waals surface area contributed by atoms with Crippen LogP contribution in [0.2, 0.25) is 0 Å². The molecule has 3 aromatic rings. The van der Waals surface area contributed by atoms with Crippen LogP contribution in [0.3, 0.4) is 0 Å². The van der Waals surface area contributed by atoms with Gasteiger partial charge in [-0.15, -0.1) is 11.3 Å². The lowest BCUT2D eigenvalue weighted by atomic mass is 9.89. The standard InChI is InChI=1S/C17H18N4S/c1-10-14(15-16(21-18)19-9-20-17(15)22-10)13-7-6-11-4-2-3-5-12(11)8-13/h6-9H,2-5,18H2,1H3,(H,19,20,21). The van der Waals surface area contributed by atoms with Crippen molar-refractivity contribution in [2.24, 2.45) is 5.84 Å². The Labute approximate surface area is 133 Å². The fourth-order valence-electron chi connectivity index (χ4n) is 3.39. The number of nitrogens with zero attached hydrogens (tertiary/aromatic N) is 2. The molecule has 2 heterocycles. The number of anilines is 1. The van der Waals surface area contributed by atoms with Crippen molar-refractivity contribution in [3.05, 3.63) is 40.5 Å². The number of nitrogen functional groups attached to an aromatic ring is 1. The van der Waals surface area contributed by atoms with E-state index < -0.39 is 0 Å². The first-order valence-electron chi connectivity index (χ1n) is 7.61. The summed E-state index contributed by atoms with van der Waals surface area (Å²) in [6, 6.07) is 6.86. The molecule has 0 fully saturated rings. The van der Waals surface area contributed by atoms with Gasteiger partial charge in [0.25, 0.3) is 0 Å². The van der Waals surface area contributed by atoms with Gasteiger partial charge in [0.2, 0.25) is 0 Å². The largest absolute Gasteiger partial charge is 0.308 e. The smallest absolute Gasteiger partial charge is 0.152 e. The number of aromatic nitrogens is 2. The summed E-state index contributed by atoms with van der Waals surface area (Å²) in [5.74, 6) is 6.34. The van der Waals surface area contributed by atoms with E-state index in [1.807, 2.05) is 0 Å². The zero-order chi connectivity index (χ0) is 15.1. The maximum atomic E-state index is 5.65. The molecule has 0 radical (unpaired) electrons.